The first-order valence-corrected chi connectivity index (χ1v) is 9.41. The second kappa shape index (κ2) is 7.05. The molecule has 1 amide bonds. The van der Waals surface area contributed by atoms with Crippen LogP contribution in [0, 0.1) is 13.8 Å². The third kappa shape index (κ3) is 4.35. The topological polar surface area (TPSA) is 66.5 Å². The molecular weight excluding hydrogens is 324 g/mol. The van der Waals surface area contributed by atoms with E-state index in [0.717, 1.165) is 17.4 Å². The average Bonchev–Trinajstić information content (AvgIpc) is 2.52. The predicted molar refractivity (Wildman–Crippen MR) is 96.8 cm³/mol. The minimum absolute atomic E-state index is 0.188. The van der Waals surface area contributed by atoms with Crippen LogP contribution in [0.15, 0.2) is 42.5 Å². The molecule has 2 aromatic carbocycles. The van der Waals surface area contributed by atoms with Crippen LogP contribution in [0.5, 0.6) is 0 Å². The molecule has 0 spiro atoms. The lowest BCUT2D eigenvalue weighted by Crippen LogP contribution is -2.26. The van der Waals surface area contributed by atoms with E-state index in [1.807, 2.05) is 31.2 Å². The maximum Gasteiger partial charge on any atom is 0.251 e. The van der Waals surface area contributed by atoms with Gasteiger partial charge in [0, 0.05) is 19.2 Å². The van der Waals surface area contributed by atoms with Gasteiger partial charge in [-0.15, -0.1) is 0 Å². The lowest BCUT2D eigenvalue weighted by molar-refractivity contribution is 0.0951. The van der Waals surface area contributed by atoms with Crippen molar-refractivity contribution in [2.45, 2.75) is 20.4 Å². The monoisotopic (exact) mass is 346 g/mol. The number of sulfonamides is 1. The number of hydrogen-bond acceptors (Lipinski definition) is 3. The van der Waals surface area contributed by atoms with Crippen LogP contribution in [0.1, 0.15) is 27.0 Å². The number of nitrogens with zero attached hydrogens (tertiary/aromatic N) is 1. The molecule has 1 N–H and O–H groups in total. The quantitative estimate of drug-likeness (QED) is 0.905. The van der Waals surface area contributed by atoms with E-state index in [1.54, 1.807) is 25.1 Å². The van der Waals surface area contributed by atoms with Crippen LogP contribution in [0.3, 0.4) is 0 Å². The highest BCUT2D eigenvalue weighted by atomic mass is 32.2. The zero-order valence-electron chi connectivity index (χ0n) is 14.3. The first kappa shape index (κ1) is 18.0. The number of carbonyl (C=O) groups is 1. The third-order valence-corrected chi connectivity index (χ3v) is 5.06. The largest absolute Gasteiger partial charge is 0.348 e. The van der Waals surface area contributed by atoms with Gasteiger partial charge in [0.05, 0.1) is 11.9 Å². The summed E-state index contributed by atoms with van der Waals surface area (Å²) in [6, 6.07) is 12.9. The Bertz CT molecular complexity index is 843. The van der Waals surface area contributed by atoms with Crippen LogP contribution >= 0.6 is 0 Å². The molecule has 128 valence electrons. The molecule has 0 fully saturated rings. The summed E-state index contributed by atoms with van der Waals surface area (Å²) in [6.07, 6.45) is 1.15. The molecule has 0 saturated carbocycles. The van der Waals surface area contributed by atoms with Crippen molar-refractivity contribution in [1.82, 2.24) is 5.32 Å². The Morgan fingerprint density at radius 1 is 1.08 bits per heavy atom. The summed E-state index contributed by atoms with van der Waals surface area (Å²) in [7, 11) is -1.83. The Labute approximate surface area is 143 Å². The molecule has 0 saturated heterocycles. The number of hydrogen-bond donors (Lipinski definition) is 1. The van der Waals surface area contributed by atoms with Gasteiger partial charge in [-0.3, -0.25) is 9.10 Å². The summed E-state index contributed by atoms with van der Waals surface area (Å²) in [4.78, 5) is 12.3. The Hall–Kier alpha value is -2.34. The van der Waals surface area contributed by atoms with E-state index in [1.165, 1.54) is 16.9 Å². The summed E-state index contributed by atoms with van der Waals surface area (Å²) >= 11 is 0. The molecule has 0 atom stereocenters. The van der Waals surface area contributed by atoms with Crippen LogP contribution < -0.4 is 9.62 Å². The number of carbonyl (C=O) groups excluding carboxylic acids is 1. The summed E-state index contributed by atoms with van der Waals surface area (Å²) in [6.45, 7) is 4.25. The van der Waals surface area contributed by atoms with Crippen molar-refractivity contribution in [2.75, 3.05) is 17.6 Å². The maximum atomic E-state index is 12.3. The number of benzene rings is 2. The fourth-order valence-corrected chi connectivity index (χ4v) is 2.88. The number of aryl methyl sites for hydroxylation is 2. The Balaban J connectivity index is 2.10. The minimum Gasteiger partial charge on any atom is -0.348 e. The molecule has 0 aliphatic heterocycles. The molecular formula is C18H22N2O3S. The first-order chi connectivity index (χ1) is 11.2. The SMILES string of the molecule is Cc1ccc(CNC(=O)c2ccc(N(C)S(C)(=O)=O)c(C)c2)cc1. The van der Waals surface area contributed by atoms with E-state index in [-0.39, 0.29) is 5.91 Å². The van der Waals surface area contributed by atoms with E-state index < -0.39 is 10.0 Å². The van der Waals surface area contributed by atoms with Crippen LogP contribution in [0.2, 0.25) is 0 Å². The van der Waals surface area contributed by atoms with Crippen molar-refractivity contribution in [3.63, 3.8) is 0 Å². The molecule has 0 radical (unpaired) electrons. The van der Waals surface area contributed by atoms with Crippen molar-refractivity contribution in [1.29, 1.82) is 0 Å². The van der Waals surface area contributed by atoms with E-state index >= 15 is 0 Å². The fourth-order valence-electron chi connectivity index (χ4n) is 2.32. The molecule has 6 heteroatoms. The first-order valence-electron chi connectivity index (χ1n) is 7.57. The highest BCUT2D eigenvalue weighted by Gasteiger charge is 2.15. The average molecular weight is 346 g/mol. The normalized spacial score (nSPS) is 11.2. The third-order valence-electron chi connectivity index (χ3n) is 3.87. The lowest BCUT2D eigenvalue weighted by atomic mass is 10.1. The molecule has 0 heterocycles. The molecule has 0 unspecified atom stereocenters. The molecule has 2 aromatic rings. The van der Waals surface area contributed by atoms with Crippen molar-refractivity contribution >= 4 is 21.6 Å². The fraction of sp³-hybridized carbons (Fsp3) is 0.278. The molecule has 5 nitrogen and oxygen atoms in total. The van der Waals surface area contributed by atoms with E-state index in [0.29, 0.717) is 17.8 Å². The van der Waals surface area contributed by atoms with E-state index in [4.69, 9.17) is 0 Å². The van der Waals surface area contributed by atoms with Gasteiger partial charge in [0.2, 0.25) is 10.0 Å². The van der Waals surface area contributed by atoms with Gasteiger partial charge >= 0.3 is 0 Å². The lowest BCUT2D eigenvalue weighted by Gasteiger charge is -2.19. The molecule has 0 aliphatic carbocycles. The van der Waals surface area contributed by atoms with Crippen LogP contribution in [-0.4, -0.2) is 27.6 Å². The number of rotatable bonds is 5. The zero-order valence-corrected chi connectivity index (χ0v) is 15.1. The molecule has 24 heavy (non-hydrogen) atoms. The molecule has 2 rings (SSSR count). The van der Waals surface area contributed by atoms with Gasteiger partial charge in [-0.25, -0.2) is 8.42 Å². The Morgan fingerprint density at radius 2 is 1.71 bits per heavy atom. The zero-order chi connectivity index (χ0) is 17.9. The van der Waals surface area contributed by atoms with Gasteiger partial charge in [-0.2, -0.15) is 0 Å². The summed E-state index contributed by atoms with van der Waals surface area (Å²) in [5.41, 5.74) is 3.99. The van der Waals surface area contributed by atoms with Gasteiger partial charge < -0.3 is 5.32 Å². The van der Waals surface area contributed by atoms with Gasteiger partial charge in [-0.1, -0.05) is 29.8 Å². The number of anilines is 1. The highest BCUT2D eigenvalue weighted by molar-refractivity contribution is 7.92. The Kier molecular flexibility index (Phi) is 5.29. The van der Waals surface area contributed by atoms with Crippen molar-refractivity contribution in [3.05, 3.63) is 64.7 Å². The Morgan fingerprint density at radius 3 is 2.25 bits per heavy atom. The number of amides is 1. The summed E-state index contributed by atoms with van der Waals surface area (Å²) < 4.78 is 24.5. The van der Waals surface area contributed by atoms with Crippen molar-refractivity contribution in [3.8, 4) is 0 Å². The summed E-state index contributed by atoms with van der Waals surface area (Å²) in [5, 5.41) is 2.87. The van der Waals surface area contributed by atoms with Crippen LogP contribution in [0.25, 0.3) is 0 Å². The maximum absolute atomic E-state index is 12.3. The van der Waals surface area contributed by atoms with E-state index in [2.05, 4.69) is 5.32 Å². The predicted octanol–water partition coefficient (Wildman–Crippen LogP) is 2.63. The van der Waals surface area contributed by atoms with Crippen LogP contribution in [0.4, 0.5) is 5.69 Å². The summed E-state index contributed by atoms with van der Waals surface area (Å²) in [5.74, 6) is -0.188. The van der Waals surface area contributed by atoms with Gasteiger partial charge in [0.1, 0.15) is 0 Å². The second-order valence-corrected chi connectivity index (χ2v) is 7.91. The van der Waals surface area contributed by atoms with Gasteiger partial charge in [-0.05, 0) is 43.2 Å². The molecule has 0 aromatic heterocycles. The van der Waals surface area contributed by atoms with Gasteiger partial charge in [0.15, 0.2) is 0 Å². The standard InChI is InChI=1S/C18H22N2O3S/c1-13-5-7-15(8-6-13)12-19-18(21)16-9-10-17(14(2)11-16)20(3)24(4,22)23/h5-11H,12H2,1-4H3,(H,19,21). The second-order valence-electron chi connectivity index (χ2n) is 5.90. The smallest absolute Gasteiger partial charge is 0.251 e. The van der Waals surface area contributed by atoms with Crippen molar-refractivity contribution in [2.24, 2.45) is 0 Å². The highest BCUT2D eigenvalue weighted by Crippen LogP contribution is 2.22. The van der Waals surface area contributed by atoms with E-state index in [9.17, 15) is 13.2 Å². The minimum atomic E-state index is -3.33. The van der Waals surface area contributed by atoms with Gasteiger partial charge in [0.25, 0.3) is 5.91 Å². The molecule has 0 bridgehead atoms. The van der Waals surface area contributed by atoms with Crippen molar-refractivity contribution < 1.29 is 13.2 Å². The van der Waals surface area contributed by atoms with Crippen LogP contribution in [-0.2, 0) is 16.6 Å². The number of nitrogens with one attached hydrogen (secondary N) is 1. The molecule has 0 aliphatic rings.